The van der Waals surface area contributed by atoms with Crippen LogP contribution in [0.3, 0.4) is 0 Å². The summed E-state index contributed by atoms with van der Waals surface area (Å²) in [6, 6.07) is 4.98. The van der Waals surface area contributed by atoms with E-state index in [9.17, 15) is 18.0 Å². The lowest BCUT2D eigenvalue weighted by Gasteiger charge is -2.30. The number of nitrogens with zero attached hydrogens (tertiary/aromatic N) is 1. The van der Waals surface area contributed by atoms with Crippen molar-refractivity contribution < 1.29 is 27.4 Å². The van der Waals surface area contributed by atoms with Gasteiger partial charge in [-0.25, -0.2) is 0 Å². The maximum Gasteiger partial charge on any atom is 0.573 e. The molecule has 1 saturated heterocycles. The van der Waals surface area contributed by atoms with Crippen molar-refractivity contribution in [3.63, 3.8) is 0 Å². The van der Waals surface area contributed by atoms with Crippen molar-refractivity contribution in [1.29, 1.82) is 0 Å². The van der Waals surface area contributed by atoms with Gasteiger partial charge in [0.15, 0.2) is 6.61 Å². The van der Waals surface area contributed by atoms with Gasteiger partial charge >= 0.3 is 6.36 Å². The molecule has 1 fully saturated rings. The fourth-order valence-corrected chi connectivity index (χ4v) is 2.23. The van der Waals surface area contributed by atoms with Crippen LogP contribution in [0.1, 0.15) is 19.8 Å². The largest absolute Gasteiger partial charge is 0.573 e. The van der Waals surface area contributed by atoms with Gasteiger partial charge in [0.1, 0.15) is 11.5 Å². The predicted octanol–water partition coefficient (Wildman–Crippen LogP) is 3.22. The molecule has 2 rings (SSSR count). The van der Waals surface area contributed by atoms with E-state index in [1.165, 1.54) is 12.1 Å². The molecule has 1 aromatic carbocycles. The number of hydrogen-bond acceptors (Lipinski definition) is 3. The van der Waals surface area contributed by atoms with Gasteiger partial charge < -0.3 is 14.4 Å². The first-order chi connectivity index (χ1) is 10.3. The van der Waals surface area contributed by atoms with Crippen molar-refractivity contribution >= 4 is 5.91 Å². The minimum absolute atomic E-state index is 0.109. The molecule has 122 valence electrons. The first-order valence-corrected chi connectivity index (χ1v) is 7.10. The highest BCUT2D eigenvalue weighted by molar-refractivity contribution is 5.77. The number of benzene rings is 1. The molecule has 0 aliphatic carbocycles. The average molecular weight is 317 g/mol. The third-order valence-electron chi connectivity index (χ3n) is 3.56. The maximum absolute atomic E-state index is 12.0. The van der Waals surface area contributed by atoms with Crippen molar-refractivity contribution in [2.45, 2.75) is 26.1 Å². The number of ether oxygens (including phenoxy) is 2. The van der Waals surface area contributed by atoms with Crippen LogP contribution >= 0.6 is 0 Å². The van der Waals surface area contributed by atoms with E-state index >= 15 is 0 Å². The van der Waals surface area contributed by atoms with Gasteiger partial charge in [0.25, 0.3) is 5.91 Å². The Bertz CT molecular complexity index is 494. The molecule has 4 nitrogen and oxygen atoms in total. The van der Waals surface area contributed by atoms with Crippen molar-refractivity contribution in [2.75, 3.05) is 19.7 Å². The van der Waals surface area contributed by atoms with Gasteiger partial charge in [0.05, 0.1) is 0 Å². The lowest BCUT2D eigenvalue weighted by atomic mass is 9.99. The summed E-state index contributed by atoms with van der Waals surface area (Å²) < 4.78 is 45.1. The zero-order chi connectivity index (χ0) is 16.2. The highest BCUT2D eigenvalue weighted by Gasteiger charge is 2.31. The SMILES string of the molecule is CC1CCN(C(=O)COc2ccc(OC(F)(F)F)cc2)CC1. The number of halogens is 3. The third-order valence-corrected chi connectivity index (χ3v) is 3.56. The molecule has 0 N–H and O–H groups in total. The van der Waals surface area contributed by atoms with Crippen LogP contribution in [0.5, 0.6) is 11.5 Å². The topological polar surface area (TPSA) is 38.8 Å². The lowest BCUT2D eigenvalue weighted by Crippen LogP contribution is -2.40. The number of amides is 1. The Morgan fingerprint density at radius 3 is 2.27 bits per heavy atom. The van der Waals surface area contributed by atoms with E-state index in [0.29, 0.717) is 11.7 Å². The Kier molecular flexibility index (Phi) is 5.15. The third kappa shape index (κ3) is 5.13. The number of hydrogen-bond donors (Lipinski definition) is 0. The first-order valence-electron chi connectivity index (χ1n) is 7.10. The minimum Gasteiger partial charge on any atom is -0.484 e. The van der Waals surface area contributed by atoms with Gasteiger partial charge in [-0.3, -0.25) is 4.79 Å². The molecule has 0 aromatic heterocycles. The monoisotopic (exact) mass is 317 g/mol. The van der Waals surface area contributed by atoms with E-state index in [4.69, 9.17) is 4.74 Å². The standard InChI is InChI=1S/C15H18F3NO3/c1-11-6-8-19(9-7-11)14(20)10-21-12-2-4-13(5-3-12)22-15(16,17)18/h2-5,11H,6-10H2,1H3. The Morgan fingerprint density at radius 1 is 1.18 bits per heavy atom. The molecule has 1 aromatic rings. The number of carbonyl (C=O) groups is 1. The highest BCUT2D eigenvalue weighted by atomic mass is 19.4. The van der Waals surface area contributed by atoms with Crippen LogP contribution in [0.15, 0.2) is 24.3 Å². The van der Waals surface area contributed by atoms with E-state index in [-0.39, 0.29) is 18.3 Å². The molecule has 0 bridgehead atoms. The Morgan fingerprint density at radius 2 is 1.73 bits per heavy atom. The molecule has 1 amide bonds. The summed E-state index contributed by atoms with van der Waals surface area (Å²) in [5.41, 5.74) is 0. The highest BCUT2D eigenvalue weighted by Crippen LogP contribution is 2.24. The number of alkyl halides is 3. The second-order valence-corrected chi connectivity index (χ2v) is 5.37. The van der Waals surface area contributed by atoms with Crippen molar-refractivity contribution in [1.82, 2.24) is 4.90 Å². The van der Waals surface area contributed by atoms with Crippen LogP contribution < -0.4 is 9.47 Å². The molecule has 0 unspecified atom stereocenters. The van der Waals surface area contributed by atoms with Crippen LogP contribution in [-0.4, -0.2) is 36.9 Å². The van der Waals surface area contributed by atoms with E-state index in [0.717, 1.165) is 38.1 Å². The van der Waals surface area contributed by atoms with Crippen LogP contribution in [-0.2, 0) is 4.79 Å². The quantitative estimate of drug-likeness (QED) is 0.856. The lowest BCUT2D eigenvalue weighted by molar-refractivity contribution is -0.274. The van der Waals surface area contributed by atoms with Gasteiger partial charge in [0, 0.05) is 13.1 Å². The first kappa shape index (κ1) is 16.5. The molecule has 0 radical (unpaired) electrons. The summed E-state index contributed by atoms with van der Waals surface area (Å²) in [4.78, 5) is 13.7. The summed E-state index contributed by atoms with van der Waals surface area (Å²) in [6.07, 6.45) is -2.76. The number of carbonyl (C=O) groups excluding carboxylic acids is 1. The molecule has 1 aliphatic rings. The Balaban J connectivity index is 1.80. The van der Waals surface area contributed by atoms with Crippen LogP contribution in [0.4, 0.5) is 13.2 Å². The molecular weight excluding hydrogens is 299 g/mol. The Hall–Kier alpha value is -1.92. The van der Waals surface area contributed by atoms with Crippen LogP contribution in [0.2, 0.25) is 0 Å². The van der Waals surface area contributed by atoms with Gasteiger partial charge in [0.2, 0.25) is 0 Å². The summed E-state index contributed by atoms with van der Waals surface area (Å²) >= 11 is 0. The molecule has 1 heterocycles. The molecular formula is C15H18F3NO3. The molecule has 0 atom stereocenters. The van der Waals surface area contributed by atoms with Crippen LogP contribution in [0.25, 0.3) is 0 Å². The number of piperidine rings is 1. The predicted molar refractivity (Wildman–Crippen MR) is 73.6 cm³/mol. The summed E-state index contributed by atoms with van der Waals surface area (Å²) in [7, 11) is 0. The van der Waals surface area contributed by atoms with Crippen molar-refractivity contribution in [3.05, 3.63) is 24.3 Å². The zero-order valence-corrected chi connectivity index (χ0v) is 12.2. The van der Waals surface area contributed by atoms with Crippen molar-refractivity contribution in [3.8, 4) is 11.5 Å². The van der Waals surface area contributed by atoms with Gasteiger partial charge in [-0.05, 0) is 43.0 Å². The van der Waals surface area contributed by atoms with E-state index in [1.807, 2.05) is 0 Å². The summed E-state index contributed by atoms with van der Waals surface area (Å²) in [6.45, 7) is 3.49. The second-order valence-electron chi connectivity index (χ2n) is 5.37. The van der Waals surface area contributed by atoms with Gasteiger partial charge in [-0.2, -0.15) is 0 Å². The number of likely N-dealkylation sites (tertiary alicyclic amines) is 1. The maximum atomic E-state index is 12.0. The smallest absolute Gasteiger partial charge is 0.484 e. The molecule has 1 aliphatic heterocycles. The minimum atomic E-state index is -4.72. The zero-order valence-electron chi connectivity index (χ0n) is 12.2. The van der Waals surface area contributed by atoms with E-state index < -0.39 is 6.36 Å². The molecule has 7 heteroatoms. The number of rotatable bonds is 4. The average Bonchev–Trinajstić information content (AvgIpc) is 2.45. The van der Waals surface area contributed by atoms with E-state index in [1.54, 1.807) is 4.90 Å². The fraction of sp³-hybridized carbons (Fsp3) is 0.533. The van der Waals surface area contributed by atoms with Gasteiger partial charge in [-0.1, -0.05) is 6.92 Å². The fourth-order valence-electron chi connectivity index (χ4n) is 2.23. The summed E-state index contributed by atoms with van der Waals surface area (Å²) in [5, 5.41) is 0. The normalized spacial score (nSPS) is 16.5. The van der Waals surface area contributed by atoms with Crippen molar-refractivity contribution in [2.24, 2.45) is 5.92 Å². The second kappa shape index (κ2) is 6.89. The molecule has 0 spiro atoms. The van der Waals surface area contributed by atoms with Crippen LogP contribution in [0, 0.1) is 5.92 Å². The van der Waals surface area contributed by atoms with E-state index in [2.05, 4.69) is 11.7 Å². The summed E-state index contributed by atoms with van der Waals surface area (Å²) in [5.74, 6) is 0.526. The molecule has 22 heavy (non-hydrogen) atoms. The molecule has 0 saturated carbocycles. The Labute approximate surface area is 126 Å². The van der Waals surface area contributed by atoms with Gasteiger partial charge in [-0.15, -0.1) is 13.2 Å².